The van der Waals surface area contributed by atoms with Crippen molar-refractivity contribution >= 4 is 6.09 Å². The van der Waals surface area contributed by atoms with E-state index in [0.717, 1.165) is 5.56 Å². The van der Waals surface area contributed by atoms with E-state index >= 15 is 0 Å². The van der Waals surface area contributed by atoms with Gasteiger partial charge in [0.25, 0.3) is 0 Å². The number of benzene rings is 1. The topological polar surface area (TPSA) is 64.3 Å². The molecule has 0 unspecified atom stereocenters. The summed E-state index contributed by atoms with van der Waals surface area (Å²) in [6, 6.07) is 5.46. The third-order valence-corrected chi connectivity index (χ3v) is 2.98. The molecule has 0 saturated carbocycles. The minimum Gasteiger partial charge on any atom is -0.445 e. The van der Waals surface area contributed by atoms with Crippen molar-refractivity contribution in [1.82, 2.24) is 5.32 Å². The highest BCUT2D eigenvalue weighted by Gasteiger charge is 2.43. The van der Waals surface area contributed by atoms with Crippen molar-refractivity contribution in [3.05, 3.63) is 35.9 Å². The molecule has 0 aliphatic rings. The standard InChI is InChI=1S/C14H19F3N2O2/c1-9(2)11(12(18)14(15,16)17)19-13(20)21-8-10-6-4-3-5-7-10/h3-7,9,11-12H,8,18H2,1-2H3,(H,19,20)/t11-,12-/m0/s1. The average Bonchev–Trinajstić information content (AvgIpc) is 2.41. The van der Waals surface area contributed by atoms with E-state index in [4.69, 9.17) is 10.5 Å². The summed E-state index contributed by atoms with van der Waals surface area (Å²) in [5.74, 6) is -0.481. The highest BCUT2D eigenvalue weighted by atomic mass is 19.4. The summed E-state index contributed by atoms with van der Waals surface area (Å²) in [5.41, 5.74) is 5.90. The Morgan fingerprint density at radius 2 is 1.86 bits per heavy atom. The van der Waals surface area contributed by atoms with Crippen LogP contribution < -0.4 is 11.1 Å². The number of rotatable bonds is 5. The molecule has 21 heavy (non-hydrogen) atoms. The normalized spacial score (nSPS) is 14.6. The van der Waals surface area contributed by atoms with Gasteiger partial charge in [-0.3, -0.25) is 0 Å². The van der Waals surface area contributed by atoms with E-state index in [2.05, 4.69) is 5.32 Å². The lowest BCUT2D eigenvalue weighted by Crippen LogP contribution is -2.57. The molecule has 4 nitrogen and oxygen atoms in total. The zero-order valence-corrected chi connectivity index (χ0v) is 11.9. The van der Waals surface area contributed by atoms with Crippen molar-refractivity contribution in [2.75, 3.05) is 0 Å². The quantitative estimate of drug-likeness (QED) is 0.879. The fourth-order valence-corrected chi connectivity index (χ4v) is 1.78. The van der Waals surface area contributed by atoms with Gasteiger partial charge in [-0.1, -0.05) is 44.2 Å². The Bertz CT molecular complexity index is 449. The zero-order valence-electron chi connectivity index (χ0n) is 11.9. The summed E-state index contributed by atoms with van der Waals surface area (Å²) in [7, 11) is 0. The molecule has 1 amide bonds. The van der Waals surface area contributed by atoms with E-state index in [1.165, 1.54) is 0 Å². The first kappa shape index (κ1) is 17.3. The van der Waals surface area contributed by atoms with Gasteiger partial charge in [-0.05, 0) is 11.5 Å². The predicted octanol–water partition coefficient (Wildman–Crippen LogP) is 2.83. The molecule has 0 bridgehead atoms. The summed E-state index contributed by atoms with van der Waals surface area (Å²) in [6.07, 6.45) is -5.50. The second-order valence-corrected chi connectivity index (χ2v) is 5.04. The summed E-state index contributed by atoms with van der Waals surface area (Å²) in [5, 5.41) is 2.19. The zero-order chi connectivity index (χ0) is 16.0. The van der Waals surface area contributed by atoms with Gasteiger partial charge in [-0.25, -0.2) is 4.79 Å². The van der Waals surface area contributed by atoms with Crippen molar-refractivity contribution in [1.29, 1.82) is 0 Å². The Labute approximate surface area is 121 Å². The van der Waals surface area contributed by atoms with Crippen LogP contribution in [-0.4, -0.2) is 24.4 Å². The molecule has 0 spiro atoms. The van der Waals surface area contributed by atoms with Gasteiger partial charge in [0.15, 0.2) is 0 Å². The van der Waals surface area contributed by atoms with E-state index in [9.17, 15) is 18.0 Å². The lowest BCUT2D eigenvalue weighted by molar-refractivity contribution is -0.156. The molecule has 7 heteroatoms. The van der Waals surface area contributed by atoms with E-state index in [1.807, 2.05) is 0 Å². The maximum atomic E-state index is 12.6. The van der Waals surface area contributed by atoms with Crippen molar-refractivity contribution in [3.63, 3.8) is 0 Å². The van der Waals surface area contributed by atoms with Crippen molar-refractivity contribution < 1.29 is 22.7 Å². The van der Waals surface area contributed by atoms with Gasteiger partial charge < -0.3 is 15.8 Å². The van der Waals surface area contributed by atoms with Crippen LogP contribution in [-0.2, 0) is 11.3 Å². The van der Waals surface area contributed by atoms with Crippen molar-refractivity contribution in [3.8, 4) is 0 Å². The van der Waals surface area contributed by atoms with Crippen LogP contribution in [0.5, 0.6) is 0 Å². The number of nitrogens with one attached hydrogen (secondary N) is 1. The first-order chi connectivity index (χ1) is 9.71. The fraction of sp³-hybridized carbons (Fsp3) is 0.500. The molecule has 2 atom stereocenters. The first-order valence-corrected chi connectivity index (χ1v) is 6.51. The van der Waals surface area contributed by atoms with Crippen LogP contribution in [0.2, 0.25) is 0 Å². The molecule has 0 aliphatic heterocycles. The third kappa shape index (κ3) is 5.63. The molecule has 0 aliphatic carbocycles. The number of ether oxygens (including phenoxy) is 1. The maximum Gasteiger partial charge on any atom is 0.407 e. The number of hydrogen-bond donors (Lipinski definition) is 2. The van der Waals surface area contributed by atoms with Gasteiger partial charge in [0, 0.05) is 0 Å². The maximum absolute atomic E-state index is 12.6. The third-order valence-electron chi connectivity index (χ3n) is 2.98. The van der Waals surface area contributed by atoms with Crippen LogP contribution in [0, 0.1) is 5.92 Å². The second-order valence-electron chi connectivity index (χ2n) is 5.04. The number of hydrogen-bond acceptors (Lipinski definition) is 3. The number of carbonyl (C=O) groups excluding carboxylic acids is 1. The summed E-state index contributed by atoms with van der Waals surface area (Å²) >= 11 is 0. The molecular weight excluding hydrogens is 285 g/mol. The molecule has 0 fully saturated rings. The summed E-state index contributed by atoms with van der Waals surface area (Å²) in [6.45, 7) is 3.08. The molecule has 0 aromatic heterocycles. The lowest BCUT2D eigenvalue weighted by Gasteiger charge is -2.29. The van der Waals surface area contributed by atoms with E-state index in [1.54, 1.807) is 44.2 Å². The Balaban J connectivity index is 2.57. The minimum atomic E-state index is -4.58. The minimum absolute atomic E-state index is 0.0151. The Morgan fingerprint density at radius 3 is 2.33 bits per heavy atom. The van der Waals surface area contributed by atoms with Crippen molar-refractivity contribution in [2.45, 2.75) is 38.7 Å². The van der Waals surface area contributed by atoms with Crippen LogP contribution in [0.1, 0.15) is 19.4 Å². The van der Waals surface area contributed by atoms with Gasteiger partial charge in [-0.15, -0.1) is 0 Å². The molecule has 118 valence electrons. The number of halogens is 3. The lowest BCUT2D eigenvalue weighted by atomic mass is 9.97. The van der Waals surface area contributed by atoms with E-state index in [0.29, 0.717) is 0 Å². The summed E-state index contributed by atoms with van der Waals surface area (Å²) in [4.78, 5) is 11.6. The fourth-order valence-electron chi connectivity index (χ4n) is 1.78. The number of nitrogens with two attached hydrogens (primary N) is 1. The van der Waals surface area contributed by atoms with Crippen LogP contribution in [0.15, 0.2) is 30.3 Å². The Morgan fingerprint density at radius 1 is 1.29 bits per heavy atom. The number of carbonyl (C=O) groups is 1. The van der Waals surface area contributed by atoms with Gasteiger partial charge >= 0.3 is 12.3 Å². The largest absolute Gasteiger partial charge is 0.445 e. The number of alkyl carbamates (subject to hydrolysis) is 1. The number of amides is 1. The molecule has 3 N–H and O–H groups in total. The second kappa shape index (κ2) is 7.31. The van der Waals surface area contributed by atoms with Crippen LogP contribution in [0.25, 0.3) is 0 Å². The Hall–Kier alpha value is -1.76. The molecule has 0 heterocycles. The smallest absolute Gasteiger partial charge is 0.407 e. The molecular formula is C14H19F3N2O2. The van der Waals surface area contributed by atoms with Crippen molar-refractivity contribution in [2.24, 2.45) is 11.7 Å². The predicted molar refractivity (Wildman–Crippen MR) is 72.4 cm³/mol. The van der Waals surface area contributed by atoms with Crippen LogP contribution >= 0.6 is 0 Å². The molecule has 0 saturated heterocycles. The molecule has 1 aromatic carbocycles. The van der Waals surface area contributed by atoms with Crippen LogP contribution in [0.4, 0.5) is 18.0 Å². The van der Waals surface area contributed by atoms with Gasteiger partial charge in [-0.2, -0.15) is 13.2 Å². The molecule has 1 aromatic rings. The SMILES string of the molecule is CC(C)[C@H](NC(=O)OCc1ccccc1)[C@H](N)C(F)(F)F. The van der Waals surface area contributed by atoms with E-state index in [-0.39, 0.29) is 6.61 Å². The van der Waals surface area contributed by atoms with Gasteiger partial charge in [0.1, 0.15) is 12.6 Å². The average molecular weight is 304 g/mol. The highest BCUT2D eigenvalue weighted by molar-refractivity contribution is 5.67. The number of alkyl halides is 3. The van der Waals surface area contributed by atoms with E-state index < -0.39 is 30.3 Å². The highest BCUT2D eigenvalue weighted by Crippen LogP contribution is 2.23. The van der Waals surface area contributed by atoms with Gasteiger partial charge in [0.05, 0.1) is 6.04 Å². The van der Waals surface area contributed by atoms with Crippen LogP contribution in [0.3, 0.4) is 0 Å². The van der Waals surface area contributed by atoms with Gasteiger partial charge in [0.2, 0.25) is 0 Å². The Kier molecular flexibility index (Phi) is 6.02. The molecule has 0 radical (unpaired) electrons. The monoisotopic (exact) mass is 304 g/mol. The molecule has 1 rings (SSSR count). The first-order valence-electron chi connectivity index (χ1n) is 6.51. The summed E-state index contributed by atoms with van der Waals surface area (Å²) < 4.78 is 42.8.